The molecule has 8 heteroatoms. The van der Waals surface area contributed by atoms with Crippen LogP contribution in [0.3, 0.4) is 0 Å². The van der Waals surface area contributed by atoms with Gasteiger partial charge in [-0.2, -0.15) is 9.40 Å². The van der Waals surface area contributed by atoms with Crippen LogP contribution in [0.15, 0.2) is 17.3 Å². The molecule has 0 spiro atoms. The van der Waals surface area contributed by atoms with Crippen molar-refractivity contribution in [1.82, 2.24) is 19.0 Å². The number of nitrogens with zero attached hydrogens (tertiary/aromatic N) is 4. The Kier molecular flexibility index (Phi) is 6.79. The Morgan fingerprint density at radius 1 is 1.33 bits per heavy atom. The second-order valence-electron chi connectivity index (χ2n) is 5.72. The molecule has 0 atom stereocenters. The molecule has 1 heterocycles. The van der Waals surface area contributed by atoms with Crippen LogP contribution in [0.1, 0.15) is 13.8 Å². The Hall–Kier alpha value is -0.960. The first-order chi connectivity index (χ1) is 9.77. The predicted octanol–water partition coefficient (Wildman–Crippen LogP) is 0.0837. The molecular weight excluding hydrogens is 292 g/mol. The molecule has 0 saturated carbocycles. The Balaban J connectivity index is 2.95. The first-order valence-electron chi connectivity index (χ1n) is 7.05. The summed E-state index contributed by atoms with van der Waals surface area (Å²) < 4.78 is 28.3. The molecule has 0 amide bonds. The number of sulfonamides is 1. The minimum absolute atomic E-state index is 0.0719. The summed E-state index contributed by atoms with van der Waals surface area (Å²) in [5.74, 6) is 0.245. The maximum absolute atomic E-state index is 12.7. The van der Waals surface area contributed by atoms with E-state index in [-0.39, 0.29) is 24.0 Å². The van der Waals surface area contributed by atoms with Crippen LogP contribution in [0.5, 0.6) is 0 Å². The topological polar surface area (TPSA) is 78.7 Å². The lowest BCUT2D eigenvalue weighted by molar-refractivity contribution is 0.269. The highest BCUT2D eigenvalue weighted by molar-refractivity contribution is 7.89. The molecule has 1 rings (SSSR count). The maximum atomic E-state index is 12.7. The van der Waals surface area contributed by atoms with Crippen LogP contribution in [0, 0.1) is 5.92 Å². The Bertz CT molecular complexity index is 525. The molecular formula is C13H26N4O3S. The summed E-state index contributed by atoms with van der Waals surface area (Å²) in [6, 6.07) is 0. The second-order valence-corrected chi connectivity index (χ2v) is 7.66. The number of hydrogen-bond donors (Lipinski definition) is 1. The summed E-state index contributed by atoms with van der Waals surface area (Å²) in [5, 5.41) is 12.8. The summed E-state index contributed by atoms with van der Waals surface area (Å²) in [6.07, 6.45) is 2.81. The van der Waals surface area contributed by atoms with Crippen molar-refractivity contribution < 1.29 is 13.5 Å². The van der Waals surface area contributed by atoms with E-state index in [1.165, 1.54) is 21.4 Å². The molecule has 0 aromatic carbocycles. The molecule has 0 unspecified atom stereocenters. The van der Waals surface area contributed by atoms with Gasteiger partial charge in [-0.25, -0.2) is 8.42 Å². The average molecular weight is 318 g/mol. The summed E-state index contributed by atoms with van der Waals surface area (Å²) in [6.45, 7) is 5.78. The van der Waals surface area contributed by atoms with Gasteiger partial charge < -0.3 is 10.0 Å². The Morgan fingerprint density at radius 2 is 2.00 bits per heavy atom. The first-order valence-corrected chi connectivity index (χ1v) is 8.49. The minimum Gasteiger partial charge on any atom is -0.394 e. The zero-order valence-electron chi connectivity index (χ0n) is 13.2. The number of aromatic nitrogens is 2. The zero-order chi connectivity index (χ0) is 16.0. The fourth-order valence-electron chi connectivity index (χ4n) is 1.88. The van der Waals surface area contributed by atoms with Gasteiger partial charge in [0.1, 0.15) is 4.90 Å². The highest BCUT2D eigenvalue weighted by atomic mass is 32.2. The molecule has 0 bridgehead atoms. The molecule has 122 valence electrons. The molecule has 0 aliphatic carbocycles. The van der Waals surface area contributed by atoms with Gasteiger partial charge in [0.05, 0.1) is 19.3 Å². The van der Waals surface area contributed by atoms with Crippen molar-refractivity contribution in [3.8, 4) is 0 Å². The molecule has 21 heavy (non-hydrogen) atoms. The SMILES string of the molecule is CC(C)CN(CCN(C)C)S(=O)(=O)c1cnn(CCO)c1. The predicted molar refractivity (Wildman–Crippen MR) is 81.5 cm³/mol. The third-order valence-corrected chi connectivity index (χ3v) is 4.76. The van der Waals surface area contributed by atoms with Crippen molar-refractivity contribution >= 4 is 10.0 Å². The third-order valence-electron chi connectivity index (χ3n) is 2.94. The van der Waals surface area contributed by atoms with E-state index < -0.39 is 10.0 Å². The molecule has 1 aromatic heterocycles. The summed E-state index contributed by atoms with van der Waals surface area (Å²) in [7, 11) is 0.285. The lowest BCUT2D eigenvalue weighted by Crippen LogP contribution is -2.38. The summed E-state index contributed by atoms with van der Waals surface area (Å²) in [5.41, 5.74) is 0. The standard InChI is InChI=1S/C13H26N4O3S/c1-12(2)10-17(6-5-15(3)4)21(19,20)13-9-14-16(11-13)7-8-18/h9,11-12,18H,5-8,10H2,1-4H3. The largest absolute Gasteiger partial charge is 0.394 e. The van der Waals surface area contributed by atoms with E-state index in [4.69, 9.17) is 5.11 Å². The van der Waals surface area contributed by atoms with E-state index in [0.717, 1.165) is 0 Å². The van der Waals surface area contributed by atoms with Crippen LogP contribution < -0.4 is 0 Å². The van der Waals surface area contributed by atoms with E-state index in [9.17, 15) is 8.42 Å². The van der Waals surface area contributed by atoms with E-state index in [2.05, 4.69) is 5.10 Å². The molecule has 0 aliphatic heterocycles. The first kappa shape index (κ1) is 18.1. The minimum atomic E-state index is -3.55. The molecule has 1 aromatic rings. The Labute approximate surface area is 127 Å². The second kappa shape index (κ2) is 7.88. The van der Waals surface area contributed by atoms with Gasteiger partial charge in [-0.1, -0.05) is 13.8 Å². The van der Waals surface area contributed by atoms with Crippen molar-refractivity contribution in [1.29, 1.82) is 0 Å². The van der Waals surface area contributed by atoms with Gasteiger partial charge in [0, 0.05) is 25.8 Å². The normalized spacial score (nSPS) is 12.8. The fourth-order valence-corrected chi connectivity index (χ4v) is 3.43. The van der Waals surface area contributed by atoms with Gasteiger partial charge >= 0.3 is 0 Å². The van der Waals surface area contributed by atoms with Crippen molar-refractivity contribution in [3.05, 3.63) is 12.4 Å². The number of hydrogen-bond acceptors (Lipinski definition) is 5. The number of aliphatic hydroxyl groups is 1. The third kappa shape index (κ3) is 5.39. The van der Waals surface area contributed by atoms with E-state index in [1.54, 1.807) is 0 Å². The summed E-state index contributed by atoms with van der Waals surface area (Å²) in [4.78, 5) is 2.13. The monoisotopic (exact) mass is 318 g/mol. The van der Waals surface area contributed by atoms with Crippen LogP contribution in [-0.2, 0) is 16.6 Å². The van der Waals surface area contributed by atoms with Crippen LogP contribution in [0.4, 0.5) is 0 Å². The van der Waals surface area contributed by atoms with Crippen molar-refractivity contribution in [3.63, 3.8) is 0 Å². The molecule has 0 radical (unpaired) electrons. The zero-order valence-corrected chi connectivity index (χ0v) is 14.0. The van der Waals surface area contributed by atoms with Crippen LogP contribution in [0.2, 0.25) is 0 Å². The highest BCUT2D eigenvalue weighted by Gasteiger charge is 2.26. The van der Waals surface area contributed by atoms with Gasteiger partial charge in [-0.3, -0.25) is 4.68 Å². The molecule has 0 saturated heterocycles. The van der Waals surface area contributed by atoms with Gasteiger partial charge in [-0.15, -0.1) is 0 Å². The van der Waals surface area contributed by atoms with Gasteiger partial charge in [0.15, 0.2) is 0 Å². The van der Waals surface area contributed by atoms with Crippen LogP contribution in [0.25, 0.3) is 0 Å². The average Bonchev–Trinajstić information content (AvgIpc) is 2.83. The molecule has 0 fully saturated rings. The van der Waals surface area contributed by atoms with Crippen molar-refractivity contribution in [2.45, 2.75) is 25.3 Å². The number of likely N-dealkylation sites (N-methyl/N-ethyl adjacent to an activating group) is 1. The molecule has 1 N–H and O–H groups in total. The number of rotatable bonds is 9. The highest BCUT2D eigenvalue weighted by Crippen LogP contribution is 2.16. The summed E-state index contributed by atoms with van der Waals surface area (Å²) >= 11 is 0. The van der Waals surface area contributed by atoms with Crippen LogP contribution >= 0.6 is 0 Å². The van der Waals surface area contributed by atoms with E-state index in [1.807, 2.05) is 32.8 Å². The van der Waals surface area contributed by atoms with E-state index in [0.29, 0.717) is 19.6 Å². The Morgan fingerprint density at radius 3 is 2.52 bits per heavy atom. The van der Waals surface area contributed by atoms with Gasteiger partial charge in [-0.05, 0) is 20.0 Å². The van der Waals surface area contributed by atoms with Gasteiger partial charge in [0.2, 0.25) is 10.0 Å². The van der Waals surface area contributed by atoms with Crippen molar-refractivity contribution in [2.75, 3.05) is 40.3 Å². The maximum Gasteiger partial charge on any atom is 0.246 e. The smallest absolute Gasteiger partial charge is 0.246 e. The quantitative estimate of drug-likeness (QED) is 0.698. The lowest BCUT2D eigenvalue weighted by Gasteiger charge is -2.24. The lowest BCUT2D eigenvalue weighted by atomic mass is 10.2. The van der Waals surface area contributed by atoms with Gasteiger partial charge in [0.25, 0.3) is 0 Å². The molecule has 7 nitrogen and oxygen atoms in total. The van der Waals surface area contributed by atoms with Crippen LogP contribution in [-0.4, -0.2) is 72.8 Å². The van der Waals surface area contributed by atoms with Crippen molar-refractivity contribution in [2.24, 2.45) is 5.92 Å². The van der Waals surface area contributed by atoms with E-state index >= 15 is 0 Å². The molecule has 0 aliphatic rings. The fraction of sp³-hybridized carbons (Fsp3) is 0.769. The number of aliphatic hydroxyl groups excluding tert-OH is 1.